The molecule has 0 bridgehead atoms. The standard InChI is InChI=1S/C15H19N3OS/c1-18(10-13(19)12-7-8-12)15-17-16-14(20-15)9-11-5-3-2-4-6-11/h2-6,12-13,19H,7-10H2,1H3/t13-/m0/s1. The lowest BCUT2D eigenvalue weighted by molar-refractivity contribution is 0.158. The summed E-state index contributed by atoms with van der Waals surface area (Å²) in [7, 11) is 1.97. The van der Waals surface area contributed by atoms with Gasteiger partial charge in [-0.25, -0.2) is 0 Å². The third-order valence-corrected chi connectivity index (χ3v) is 4.65. The molecule has 4 nitrogen and oxygen atoms in total. The summed E-state index contributed by atoms with van der Waals surface area (Å²) in [5.74, 6) is 0.495. The molecule has 1 aliphatic rings. The Labute approximate surface area is 123 Å². The summed E-state index contributed by atoms with van der Waals surface area (Å²) in [5, 5.41) is 20.3. The predicted octanol–water partition coefficient (Wildman–Crippen LogP) is 2.34. The summed E-state index contributed by atoms with van der Waals surface area (Å²) < 4.78 is 0. The van der Waals surface area contributed by atoms with Crippen LogP contribution in [-0.2, 0) is 6.42 Å². The largest absolute Gasteiger partial charge is 0.391 e. The van der Waals surface area contributed by atoms with Crippen molar-refractivity contribution in [3.63, 3.8) is 0 Å². The lowest BCUT2D eigenvalue weighted by Gasteiger charge is -2.18. The first-order chi connectivity index (χ1) is 9.72. The number of hydrogen-bond acceptors (Lipinski definition) is 5. The number of likely N-dealkylation sites (N-methyl/N-ethyl adjacent to an activating group) is 1. The smallest absolute Gasteiger partial charge is 0.208 e. The molecule has 5 heteroatoms. The highest BCUT2D eigenvalue weighted by molar-refractivity contribution is 7.15. The van der Waals surface area contributed by atoms with Gasteiger partial charge in [-0.1, -0.05) is 41.7 Å². The number of benzene rings is 1. The Morgan fingerprint density at radius 3 is 2.75 bits per heavy atom. The molecule has 1 saturated carbocycles. The van der Waals surface area contributed by atoms with Crippen molar-refractivity contribution in [2.24, 2.45) is 5.92 Å². The summed E-state index contributed by atoms with van der Waals surface area (Å²) in [6.07, 6.45) is 2.90. The van der Waals surface area contributed by atoms with Crippen molar-refractivity contribution < 1.29 is 5.11 Å². The summed E-state index contributed by atoms with van der Waals surface area (Å²) in [6, 6.07) is 10.3. The van der Waals surface area contributed by atoms with Gasteiger partial charge in [-0.3, -0.25) is 0 Å². The van der Waals surface area contributed by atoms with E-state index in [1.54, 1.807) is 11.3 Å². The zero-order valence-corrected chi connectivity index (χ0v) is 12.4. The maximum absolute atomic E-state index is 9.98. The highest BCUT2D eigenvalue weighted by Gasteiger charge is 2.30. The van der Waals surface area contributed by atoms with Crippen LogP contribution >= 0.6 is 11.3 Å². The second-order valence-electron chi connectivity index (χ2n) is 5.43. The van der Waals surface area contributed by atoms with E-state index in [4.69, 9.17) is 0 Å². The van der Waals surface area contributed by atoms with Crippen molar-refractivity contribution in [3.05, 3.63) is 40.9 Å². The molecule has 0 spiro atoms. The Morgan fingerprint density at radius 2 is 2.05 bits per heavy atom. The van der Waals surface area contributed by atoms with E-state index in [9.17, 15) is 5.11 Å². The van der Waals surface area contributed by atoms with E-state index in [1.807, 2.05) is 30.1 Å². The fourth-order valence-corrected chi connectivity index (χ4v) is 3.07. The second-order valence-corrected chi connectivity index (χ2v) is 6.47. The first-order valence-electron chi connectivity index (χ1n) is 6.98. The van der Waals surface area contributed by atoms with Crippen LogP contribution < -0.4 is 4.90 Å². The molecular weight excluding hydrogens is 270 g/mol. The minimum Gasteiger partial charge on any atom is -0.391 e. The lowest BCUT2D eigenvalue weighted by Crippen LogP contribution is -2.30. The van der Waals surface area contributed by atoms with E-state index < -0.39 is 0 Å². The quantitative estimate of drug-likeness (QED) is 0.887. The summed E-state index contributed by atoms with van der Waals surface area (Å²) in [4.78, 5) is 2.01. The van der Waals surface area contributed by atoms with Crippen molar-refractivity contribution >= 4 is 16.5 Å². The molecular formula is C15H19N3OS. The number of aromatic nitrogens is 2. The van der Waals surface area contributed by atoms with Crippen LogP contribution in [0.1, 0.15) is 23.4 Å². The van der Waals surface area contributed by atoms with Crippen molar-refractivity contribution in [2.75, 3.05) is 18.5 Å². The molecule has 0 saturated heterocycles. The van der Waals surface area contributed by atoms with Crippen LogP contribution in [-0.4, -0.2) is 35.0 Å². The Kier molecular flexibility index (Phi) is 3.98. The molecule has 0 amide bonds. The van der Waals surface area contributed by atoms with Gasteiger partial charge in [-0.05, 0) is 24.3 Å². The fourth-order valence-electron chi connectivity index (χ4n) is 2.23. The first-order valence-corrected chi connectivity index (χ1v) is 7.79. The van der Waals surface area contributed by atoms with E-state index >= 15 is 0 Å². The van der Waals surface area contributed by atoms with Gasteiger partial charge < -0.3 is 10.0 Å². The van der Waals surface area contributed by atoms with E-state index in [2.05, 4.69) is 22.3 Å². The van der Waals surface area contributed by atoms with Gasteiger partial charge in [0, 0.05) is 20.0 Å². The molecule has 1 aromatic heterocycles. The maximum atomic E-state index is 9.98. The third-order valence-electron chi connectivity index (χ3n) is 3.61. The van der Waals surface area contributed by atoms with Gasteiger partial charge in [0.05, 0.1) is 6.10 Å². The van der Waals surface area contributed by atoms with Crippen molar-refractivity contribution in [2.45, 2.75) is 25.4 Å². The zero-order valence-electron chi connectivity index (χ0n) is 11.6. The molecule has 0 radical (unpaired) electrons. The molecule has 1 heterocycles. The molecule has 20 heavy (non-hydrogen) atoms. The van der Waals surface area contributed by atoms with Gasteiger partial charge in [0.15, 0.2) is 0 Å². The van der Waals surface area contributed by atoms with Gasteiger partial charge in [0.25, 0.3) is 0 Å². The predicted molar refractivity (Wildman–Crippen MR) is 81.2 cm³/mol. The highest BCUT2D eigenvalue weighted by atomic mass is 32.1. The number of aliphatic hydroxyl groups excluding tert-OH is 1. The van der Waals surface area contributed by atoms with E-state index in [0.29, 0.717) is 12.5 Å². The van der Waals surface area contributed by atoms with Gasteiger partial charge in [0.1, 0.15) is 5.01 Å². The normalized spacial score (nSPS) is 16.1. The average Bonchev–Trinajstić information content (AvgIpc) is 3.20. The molecule has 1 N–H and O–H groups in total. The molecule has 1 aliphatic carbocycles. The Balaban J connectivity index is 1.61. The molecule has 0 aliphatic heterocycles. The fraction of sp³-hybridized carbons (Fsp3) is 0.467. The average molecular weight is 289 g/mol. The first kappa shape index (κ1) is 13.5. The number of anilines is 1. The van der Waals surface area contributed by atoms with Gasteiger partial charge in [0.2, 0.25) is 5.13 Å². The van der Waals surface area contributed by atoms with Gasteiger partial charge in [-0.2, -0.15) is 0 Å². The molecule has 106 valence electrons. The highest BCUT2D eigenvalue weighted by Crippen LogP contribution is 2.33. The van der Waals surface area contributed by atoms with Gasteiger partial charge >= 0.3 is 0 Å². The van der Waals surface area contributed by atoms with Crippen molar-refractivity contribution in [1.29, 1.82) is 0 Å². The third kappa shape index (κ3) is 3.35. The molecule has 1 atom stereocenters. The number of aliphatic hydroxyl groups is 1. The number of hydrogen-bond donors (Lipinski definition) is 1. The Bertz CT molecular complexity index is 553. The SMILES string of the molecule is CN(C[C@H](O)C1CC1)c1nnc(Cc2ccccc2)s1. The topological polar surface area (TPSA) is 49.2 Å². The van der Waals surface area contributed by atoms with Crippen LogP contribution in [0.4, 0.5) is 5.13 Å². The van der Waals surface area contributed by atoms with Crippen LogP contribution in [0.15, 0.2) is 30.3 Å². The van der Waals surface area contributed by atoms with Crippen LogP contribution in [0.5, 0.6) is 0 Å². The summed E-state index contributed by atoms with van der Waals surface area (Å²) >= 11 is 1.60. The molecule has 2 aromatic rings. The van der Waals surface area contributed by atoms with Crippen LogP contribution in [0.2, 0.25) is 0 Å². The molecule has 3 rings (SSSR count). The maximum Gasteiger partial charge on any atom is 0.208 e. The molecule has 0 unspecified atom stereocenters. The van der Waals surface area contributed by atoms with Crippen LogP contribution in [0.3, 0.4) is 0 Å². The van der Waals surface area contributed by atoms with Crippen LogP contribution in [0.25, 0.3) is 0 Å². The Hall–Kier alpha value is -1.46. The van der Waals surface area contributed by atoms with E-state index in [-0.39, 0.29) is 6.10 Å². The zero-order chi connectivity index (χ0) is 13.9. The summed E-state index contributed by atoms with van der Waals surface area (Å²) in [5.41, 5.74) is 1.25. The summed E-state index contributed by atoms with van der Waals surface area (Å²) in [6.45, 7) is 0.643. The van der Waals surface area contributed by atoms with Crippen molar-refractivity contribution in [3.8, 4) is 0 Å². The molecule has 1 fully saturated rings. The van der Waals surface area contributed by atoms with Crippen molar-refractivity contribution in [1.82, 2.24) is 10.2 Å². The lowest BCUT2D eigenvalue weighted by atomic mass is 10.2. The second kappa shape index (κ2) is 5.89. The number of nitrogens with zero attached hydrogens (tertiary/aromatic N) is 3. The number of rotatable bonds is 6. The Morgan fingerprint density at radius 1 is 1.30 bits per heavy atom. The van der Waals surface area contributed by atoms with E-state index in [1.165, 1.54) is 5.56 Å². The van der Waals surface area contributed by atoms with Crippen LogP contribution in [0, 0.1) is 5.92 Å². The monoisotopic (exact) mass is 289 g/mol. The minimum atomic E-state index is -0.235. The molecule has 1 aromatic carbocycles. The van der Waals surface area contributed by atoms with E-state index in [0.717, 1.165) is 29.4 Å². The minimum absolute atomic E-state index is 0.235. The van der Waals surface area contributed by atoms with Gasteiger partial charge in [-0.15, -0.1) is 10.2 Å².